The Bertz CT molecular complexity index is 865. The highest BCUT2D eigenvalue weighted by molar-refractivity contribution is 6.31. The summed E-state index contributed by atoms with van der Waals surface area (Å²) in [7, 11) is 0. The molecule has 0 bridgehead atoms. The zero-order valence-corrected chi connectivity index (χ0v) is 15.1. The maximum absolute atomic E-state index is 12.0. The fourth-order valence-electron chi connectivity index (χ4n) is 2.68. The summed E-state index contributed by atoms with van der Waals surface area (Å²) in [5, 5.41) is 3.47. The molecule has 0 radical (unpaired) electrons. The van der Waals surface area contributed by atoms with Crippen LogP contribution in [-0.4, -0.2) is 19.1 Å². The average Bonchev–Trinajstić information content (AvgIpc) is 2.68. The number of carbonyl (C=O) groups is 1. The summed E-state index contributed by atoms with van der Waals surface area (Å²) in [5.74, 6) is 0.733. The van der Waals surface area contributed by atoms with Gasteiger partial charge in [-0.1, -0.05) is 78.3 Å². The van der Waals surface area contributed by atoms with Gasteiger partial charge >= 0.3 is 0 Å². The molecule has 1 N–H and O–H groups in total. The lowest BCUT2D eigenvalue weighted by molar-refractivity contribution is -0.120. The van der Waals surface area contributed by atoms with E-state index in [1.165, 1.54) is 0 Å². The SMILES string of the molecule is O=C(Cc1ccccc1Cl)NCCOc1ccccc1-c1ccccc1. The summed E-state index contributed by atoms with van der Waals surface area (Å²) in [4.78, 5) is 12.0. The first-order chi connectivity index (χ1) is 12.7. The normalized spacial score (nSPS) is 10.3. The number of rotatable bonds is 7. The second-order valence-corrected chi connectivity index (χ2v) is 6.24. The van der Waals surface area contributed by atoms with Crippen LogP contribution in [0.3, 0.4) is 0 Å². The fraction of sp³-hybridized carbons (Fsp3) is 0.136. The van der Waals surface area contributed by atoms with Gasteiger partial charge in [-0.2, -0.15) is 0 Å². The molecular weight excluding hydrogens is 346 g/mol. The molecule has 3 rings (SSSR count). The highest BCUT2D eigenvalue weighted by atomic mass is 35.5. The van der Waals surface area contributed by atoms with Gasteiger partial charge in [0, 0.05) is 10.6 Å². The molecule has 0 aliphatic rings. The average molecular weight is 366 g/mol. The second kappa shape index (κ2) is 9.07. The van der Waals surface area contributed by atoms with Gasteiger partial charge in [0.15, 0.2) is 0 Å². The third-order valence-corrected chi connectivity index (χ3v) is 4.33. The first-order valence-corrected chi connectivity index (χ1v) is 8.89. The maximum Gasteiger partial charge on any atom is 0.224 e. The Hall–Kier alpha value is -2.78. The van der Waals surface area contributed by atoms with Crippen molar-refractivity contribution in [3.05, 3.63) is 89.4 Å². The van der Waals surface area contributed by atoms with Gasteiger partial charge in [-0.25, -0.2) is 0 Å². The molecule has 0 aromatic heterocycles. The minimum absolute atomic E-state index is 0.0713. The third-order valence-electron chi connectivity index (χ3n) is 3.96. The van der Waals surface area contributed by atoms with Crippen LogP contribution in [0.1, 0.15) is 5.56 Å². The topological polar surface area (TPSA) is 38.3 Å². The van der Waals surface area contributed by atoms with Gasteiger partial charge in [0.1, 0.15) is 12.4 Å². The van der Waals surface area contributed by atoms with Crippen molar-refractivity contribution in [3.63, 3.8) is 0 Å². The van der Waals surface area contributed by atoms with E-state index in [1.54, 1.807) is 6.07 Å². The summed E-state index contributed by atoms with van der Waals surface area (Å²) in [6.45, 7) is 0.838. The number of halogens is 1. The Morgan fingerprint density at radius 2 is 1.58 bits per heavy atom. The Morgan fingerprint density at radius 1 is 0.885 bits per heavy atom. The lowest BCUT2D eigenvalue weighted by atomic mass is 10.1. The standard InChI is InChI=1S/C22H20ClNO2/c23-20-12-6-4-10-18(20)16-22(25)24-14-15-26-21-13-7-5-11-19(21)17-8-2-1-3-9-17/h1-13H,14-16H2,(H,24,25). The Morgan fingerprint density at radius 3 is 2.38 bits per heavy atom. The minimum atomic E-state index is -0.0713. The van der Waals surface area contributed by atoms with Crippen LogP contribution in [0.15, 0.2) is 78.9 Å². The number of amides is 1. The van der Waals surface area contributed by atoms with Crippen LogP contribution in [0, 0.1) is 0 Å². The van der Waals surface area contributed by atoms with E-state index in [0.29, 0.717) is 18.2 Å². The quantitative estimate of drug-likeness (QED) is 0.614. The van der Waals surface area contributed by atoms with Crippen LogP contribution in [0.2, 0.25) is 5.02 Å². The third kappa shape index (κ3) is 4.87. The molecule has 3 aromatic carbocycles. The van der Waals surface area contributed by atoms with Crippen LogP contribution in [0.5, 0.6) is 5.75 Å². The van der Waals surface area contributed by atoms with Crippen molar-refractivity contribution in [1.82, 2.24) is 5.32 Å². The first-order valence-electron chi connectivity index (χ1n) is 8.51. The number of carbonyl (C=O) groups excluding carboxylic acids is 1. The van der Waals surface area contributed by atoms with Crippen molar-refractivity contribution in [2.24, 2.45) is 0 Å². The molecule has 4 heteroatoms. The summed E-state index contributed by atoms with van der Waals surface area (Å²) in [6.07, 6.45) is 0.264. The van der Waals surface area contributed by atoms with Crippen LogP contribution in [-0.2, 0) is 11.2 Å². The predicted octanol–water partition coefficient (Wildman–Crippen LogP) is 4.74. The smallest absolute Gasteiger partial charge is 0.224 e. The number of benzene rings is 3. The Labute approximate surface area is 158 Å². The summed E-state index contributed by atoms with van der Waals surface area (Å²) in [5.41, 5.74) is 2.96. The molecule has 3 aromatic rings. The van der Waals surface area contributed by atoms with Gasteiger partial charge in [0.2, 0.25) is 5.91 Å². The highest BCUT2D eigenvalue weighted by Crippen LogP contribution is 2.29. The largest absolute Gasteiger partial charge is 0.491 e. The molecule has 0 saturated carbocycles. The predicted molar refractivity (Wildman–Crippen MR) is 106 cm³/mol. The number of hydrogen-bond donors (Lipinski definition) is 1. The summed E-state index contributed by atoms with van der Waals surface area (Å²) < 4.78 is 5.88. The van der Waals surface area contributed by atoms with E-state index in [9.17, 15) is 4.79 Å². The van der Waals surface area contributed by atoms with Crippen molar-refractivity contribution >= 4 is 17.5 Å². The zero-order valence-electron chi connectivity index (χ0n) is 14.3. The first kappa shape index (κ1) is 18.0. The molecule has 0 fully saturated rings. The lowest BCUT2D eigenvalue weighted by Crippen LogP contribution is -2.29. The molecule has 0 unspecified atom stereocenters. The second-order valence-electron chi connectivity index (χ2n) is 5.83. The molecule has 26 heavy (non-hydrogen) atoms. The Kier molecular flexibility index (Phi) is 6.29. The summed E-state index contributed by atoms with van der Waals surface area (Å²) >= 11 is 6.08. The lowest BCUT2D eigenvalue weighted by Gasteiger charge is -2.12. The molecule has 0 heterocycles. The van der Waals surface area contributed by atoms with Gasteiger partial charge in [-0.05, 0) is 23.3 Å². The monoisotopic (exact) mass is 365 g/mol. The van der Waals surface area contributed by atoms with E-state index in [0.717, 1.165) is 22.4 Å². The molecule has 1 amide bonds. The van der Waals surface area contributed by atoms with Crippen molar-refractivity contribution in [2.45, 2.75) is 6.42 Å². The van der Waals surface area contributed by atoms with E-state index in [4.69, 9.17) is 16.3 Å². The van der Waals surface area contributed by atoms with Crippen LogP contribution >= 0.6 is 11.6 Å². The van der Waals surface area contributed by atoms with Gasteiger partial charge in [-0.3, -0.25) is 4.79 Å². The molecule has 0 aliphatic carbocycles. The molecule has 0 saturated heterocycles. The van der Waals surface area contributed by atoms with Gasteiger partial charge in [0.05, 0.1) is 13.0 Å². The van der Waals surface area contributed by atoms with Gasteiger partial charge in [-0.15, -0.1) is 0 Å². The van der Waals surface area contributed by atoms with E-state index < -0.39 is 0 Å². The number of hydrogen-bond acceptors (Lipinski definition) is 2. The van der Waals surface area contributed by atoms with E-state index in [1.807, 2.05) is 72.8 Å². The van der Waals surface area contributed by atoms with Crippen LogP contribution in [0.25, 0.3) is 11.1 Å². The van der Waals surface area contributed by atoms with Crippen molar-refractivity contribution in [2.75, 3.05) is 13.2 Å². The Balaban J connectivity index is 1.51. The highest BCUT2D eigenvalue weighted by Gasteiger charge is 2.07. The fourth-order valence-corrected chi connectivity index (χ4v) is 2.88. The summed E-state index contributed by atoms with van der Waals surface area (Å²) in [6, 6.07) is 25.3. The van der Waals surface area contributed by atoms with Crippen LogP contribution in [0.4, 0.5) is 0 Å². The molecule has 132 valence electrons. The number of nitrogens with one attached hydrogen (secondary N) is 1. The molecule has 0 atom stereocenters. The molecule has 3 nitrogen and oxygen atoms in total. The van der Waals surface area contributed by atoms with E-state index in [2.05, 4.69) is 5.32 Å². The van der Waals surface area contributed by atoms with Crippen molar-refractivity contribution in [1.29, 1.82) is 0 Å². The molecule has 0 spiro atoms. The van der Waals surface area contributed by atoms with E-state index >= 15 is 0 Å². The number of para-hydroxylation sites is 1. The van der Waals surface area contributed by atoms with Crippen molar-refractivity contribution < 1.29 is 9.53 Å². The number of ether oxygens (including phenoxy) is 1. The van der Waals surface area contributed by atoms with E-state index in [-0.39, 0.29) is 12.3 Å². The molecular formula is C22H20ClNO2. The van der Waals surface area contributed by atoms with Gasteiger partial charge in [0.25, 0.3) is 0 Å². The zero-order chi connectivity index (χ0) is 18.2. The maximum atomic E-state index is 12.0. The van der Waals surface area contributed by atoms with Crippen molar-refractivity contribution in [3.8, 4) is 16.9 Å². The molecule has 0 aliphatic heterocycles. The van der Waals surface area contributed by atoms with Gasteiger partial charge < -0.3 is 10.1 Å². The minimum Gasteiger partial charge on any atom is -0.491 e. The van der Waals surface area contributed by atoms with Crippen LogP contribution < -0.4 is 10.1 Å².